The number of hydrogen-bond acceptors (Lipinski definition) is 6. The van der Waals surface area contributed by atoms with Crippen molar-refractivity contribution in [1.29, 1.82) is 0 Å². The topological polar surface area (TPSA) is 229 Å². The molecule has 3 aromatic carbocycles. The number of para-hydroxylation sites is 2. The first-order valence-corrected chi connectivity index (χ1v) is 20.1. The smallest absolute Gasteiger partial charge is 0.330 e. The third-order valence-electron chi connectivity index (χ3n) is 7.30. The number of aromatic nitrogens is 2. The molecule has 6 rings (SSSR count). The highest BCUT2D eigenvalue weighted by Crippen LogP contribution is 2.43. The average molecular weight is 729 g/mol. The van der Waals surface area contributed by atoms with Crippen molar-refractivity contribution >= 4 is 55.9 Å². The Hall–Kier alpha value is -3.86. The summed E-state index contributed by atoms with van der Waals surface area (Å²) >= 11 is 0. The maximum absolute atomic E-state index is 11.6. The number of rotatable bonds is 6. The lowest BCUT2D eigenvalue weighted by atomic mass is 9.86. The largest absolute Gasteiger partial charge is 0.618 e. The molecule has 0 bridgehead atoms. The van der Waals surface area contributed by atoms with E-state index in [0.29, 0.717) is 44.3 Å². The van der Waals surface area contributed by atoms with Gasteiger partial charge in [0.25, 0.3) is 0 Å². The van der Waals surface area contributed by atoms with Crippen LogP contribution in [0.3, 0.4) is 0 Å². The Morgan fingerprint density at radius 3 is 1.98 bits per heavy atom. The van der Waals surface area contributed by atoms with Crippen LogP contribution in [0.5, 0.6) is 0 Å². The molecule has 2 heterocycles. The molecule has 0 saturated carbocycles. The summed E-state index contributed by atoms with van der Waals surface area (Å²) < 4.78 is 33.6. The zero-order valence-corrected chi connectivity index (χ0v) is 29.1. The van der Waals surface area contributed by atoms with E-state index in [2.05, 4.69) is 4.98 Å². The highest BCUT2D eigenvalue weighted by atomic mass is 31.2. The number of carbonyl (C=O) groups is 1. The molecule has 0 unspecified atom stereocenters. The van der Waals surface area contributed by atoms with E-state index in [1.165, 1.54) is 12.3 Å². The van der Waals surface area contributed by atoms with Crippen LogP contribution in [0, 0.1) is 19.1 Å². The summed E-state index contributed by atoms with van der Waals surface area (Å²) in [6.07, 6.45) is 3.54. The quantitative estimate of drug-likeness (QED) is 0.0767. The van der Waals surface area contributed by atoms with Gasteiger partial charge in [0, 0.05) is 35.0 Å². The lowest BCUT2D eigenvalue weighted by molar-refractivity contribution is -0.577. The fourth-order valence-corrected chi connectivity index (χ4v) is 7.78. The summed E-state index contributed by atoms with van der Waals surface area (Å²) in [5, 5.41) is 13.1. The normalized spacial score (nSPS) is 13.1. The minimum atomic E-state index is -4.17. The molecular formula is C33H35N2O11P3. The highest BCUT2D eigenvalue weighted by molar-refractivity contribution is 7.52. The summed E-state index contributed by atoms with van der Waals surface area (Å²) in [5.41, 5.74) is 6.06. The van der Waals surface area contributed by atoms with Gasteiger partial charge >= 0.3 is 22.8 Å². The van der Waals surface area contributed by atoms with Crippen molar-refractivity contribution in [3.8, 4) is 0 Å². The molecule has 13 nitrogen and oxygen atoms in total. The zero-order chi connectivity index (χ0) is 36.1. The van der Waals surface area contributed by atoms with Crippen LogP contribution in [0.1, 0.15) is 33.4 Å². The first-order valence-electron chi connectivity index (χ1n) is 14.7. The van der Waals surface area contributed by atoms with Gasteiger partial charge in [-0.15, -0.1) is 0 Å². The van der Waals surface area contributed by atoms with Crippen LogP contribution < -0.4 is 4.73 Å². The summed E-state index contributed by atoms with van der Waals surface area (Å²) in [7, 11) is -12.4. The first kappa shape index (κ1) is 38.0. The second kappa shape index (κ2) is 15.4. The number of ketones is 1. The van der Waals surface area contributed by atoms with Gasteiger partial charge in [0.1, 0.15) is 0 Å². The monoisotopic (exact) mass is 728 g/mol. The maximum atomic E-state index is 11.6. The van der Waals surface area contributed by atoms with Gasteiger partial charge in [-0.2, -0.15) is 4.73 Å². The molecule has 6 N–H and O–H groups in total. The van der Waals surface area contributed by atoms with Crippen molar-refractivity contribution in [3.63, 3.8) is 0 Å². The minimum absolute atomic E-state index is 0.101. The van der Waals surface area contributed by atoms with E-state index in [1.54, 1.807) is 54.7 Å². The van der Waals surface area contributed by atoms with Crippen molar-refractivity contribution in [3.05, 3.63) is 130 Å². The average Bonchev–Trinajstić information content (AvgIpc) is 2.95. The molecule has 0 aliphatic heterocycles. The van der Waals surface area contributed by atoms with Gasteiger partial charge < -0.3 is 34.6 Å². The summed E-state index contributed by atoms with van der Waals surface area (Å²) in [4.78, 5) is 69.6. The molecule has 49 heavy (non-hydrogen) atoms. The molecule has 1 aliphatic rings. The fraction of sp³-hybridized carbons (Fsp3) is 0.182. The van der Waals surface area contributed by atoms with Crippen LogP contribution in [-0.2, 0) is 37.2 Å². The zero-order valence-electron chi connectivity index (χ0n) is 26.4. The van der Waals surface area contributed by atoms with E-state index >= 15 is 0 Å². The van der Waals surface area contributed by atoms with E-state index < -0.39 is 28.9 Å². The number of carbonyl (C=O) groups excluding carboxylic acids is 1. The third-order valence-corrected chi connectivity index (χ3v) is 9.55. The van der Waals surface area contributed by atoms with Crippen LogP contribution in [0.2, 0.25) is 0 Å². The predicted octanol–water partition coefficient (Wildman–Crippen LogP) is 5.05. The second-order valence-corrected chi connectivity index (χ2v) is 16.5. The summed E-state index contributed by atoms with van der Waals surface area (Å²) in [6, 6.07) is 21.1. The van der Waals surface area contributed by atoms with Crippen molar-refractivity contribution in [2.24, 2.45) is 0 Å². The predicted molar refractivity (Wildman–Crippen MR) is 186 cm³/mol. The molecule has 0 fully saturated rings. The number of aryl methyl sites for hydroxylation is 2. The Morgan fingerprint density at radius 2 is 1.33 bits per heavy atom. The van der Waals surface area contributed by atoms with E-state index in [1.807, 2.05) is 38.1 Å². The summed E-state index contributed by atoms with van der Waals surface area (Å²) in [5.74, 6) is -0.101. The van der Waals surface area contributed by atoms with Gasteiger partial charge in [-0.25, -0.2) is 0 Å². The molecule has 0 atom stereocenters. The van der Waals surface area contributed by atoms with E-state index in [9.17, 15) is 23.7 Å². The first-order chi connectivity index (χ1) is 22.8. The van der Waals surface area contributed by atoms with Gasteiger partial charge in [-0.3, -0.25) is 23.5 Å². The Balaban J connectivity index is 0.000000166. The number of hydrogen-bond donors (Lipinski definition) is 6. The van der Waals surface area contributed by atoms with Crippen LogP contribution in [0.4, 0.5) is 0 Å². The van der Waals surface area contributed by atoms with Crippen LogP contribution in [0.25, 0.3) is 27.4 Å². The molecule has 16 heteroatoms. The molecule has 0 radical (unpaired) electrons. The van der Waals surface area contributed by atoms with Gasteiger partial charge in [0.2, 0.25) is 5.52 Å². The number of fused-ring (bicyclic) bond motifs is 3. The third kappa shape index (κ3) is 11.1. The Morgan fingerprint density at radius 1 is 0.755 bits per heavy atom. The van der Waals surface area contributed by atoms with Crippen molar-refractivity contribution in [2.45, 2.75) is 32.6 Å². The fourth-order valence-electron chi connectivity index (χ4n) is 5.69. The molecule has 0 amide bonds. The van der Waals surface area contributed by atoms with E-state index in [0.717, 1.165) is 27.6 Å². The second-order valence-electron chi connectivity index (χ2n) is 11.6. The van der Waals surface area contributed by atoms with Gasteiger partial charge in [-0.1, -0.05) is 54.1 Å². The number of benzene rings is 3. The molecule has 0 spiro atoms. The standard InChI is InChI=1S/C13H15O4P.C10H10NO4P.C10H10NO3P/c1-8-3-9(2)13-10(4-8)5-12(14)6-11(13)7-18(15,16)17;12-11-6-2-5-8-3-1-4-9(10(8)11)7-16(13,14)15;12-15(13,14)7-9-4-1-3-8-5-2-6-11-10(8)9/h3-4,6H,5,7H2,1-2H3,(H2,15,16,17);1-6H,7H2,(H2,13,14,15);1-6H,7H2,(H2,12,13,14). The van der Waals surface area contributed by atoms with Gasteiger partial charge in [-0.05, 0) is 65.9 Å². The van der Waals surface area contributed by atoms with Crippen LogP contribution in [-0.4, -0.2) is 46.3 Å². The Kier molecular flexibility index (Phi) is 11.9. The molecule has 2 aromatic heterocycles. The SMILES string of the molecule is Cc1cc(C)c2c(c1)CC(=O)C=C2CP(=O)(O)O.O=P(O)(O)Cc1cccc2ccc[n+]([O-])c12.O=P(O)(O)Cc1cccc2cccnc12. The van der Waals surface area contributed by atoms with Gasteiger partial charge in [0.15, 0.2) is 12.0 Å². The lowest BCUT2D eigenvalue weighted by Crippen LogP contribution is -2.27. The summed E-state index contributed by atoms with van der Waals surface area (Å²) in [6.45, 7) is 3.84. The number of pyridine rings is 2. The van der Waals surface area contributed by atoms with Crippen LogP contribution in [0.15, 0.2) is 91.3 Å². The van der Waals surface area contributed by atoms with Gasteiger partial charge in [0.05, 0.1) is 24.0 Å². The molecule has 0 saturated heterocycles. The maximum Gasteiger partial charge on any atom is 0.330 e. The molecule has 258 valence electrons. The molecule has 1 aliphatic carbocycles. The lowest BCUT2D eigenvalue weighted by Gasteiger charge is -2.20. The van der Waals surface area contributed by atoms with E-state index in [4.69, 9.17) is 29.4 Å². The number of nitrogens with zero attached hydrogens (tertiary/aromatic N) is 2. The number of allylic oxidation sites excluding steroid dienone is 2. The van der Waals surface area contributed by atoms with E-state index in [-0.39, 0.29) is 18.1 Å². The highest BCUT2D eigenvalue weighted by Gasteiger charge is 2.25. The van der Waals surface area contributed by atoms with Crippen molar-refractivity contribution in [1.82, 2.24) is 4.98 Å². The van der Waals surface area contributed by atoms with Crippen molar-refractivity contribution in [2.75, 3.05) is 6.16 Å². The molecular weight excluding hydrogens is 693 g/mol. The van der Waals surface area contributed by atoms with Crippen LogP contribution >= 0.6 is 22.8 Å². The molecule has 5 aromatic rings. The van der Waals surface area contributed by atoms with Crippen molar-refractivity contribution < 1.29 is 52.6 Å². The minimum Gasteiger partial charge on any atom is -0.618 e. The Bertz CT molecular complexity index is 2190. The Labute approximate surface area is 281 Å².